The molecule has 2 aromatic heterocycles. The Morgan fingerprint density at radius 3 is 2.79 bits per heavy atom. The number of anilines is 2. The largest absolute Gasteiger partial charge is 0.486 e. The van der Waals surface area contributed by atoms with Crippen molar-refractivity contribution in [3.63, 3.8) is 0 Å². The summed E-state index contributed by atoms with van der Waals surface area (Å²) in [7, 11) is 0. The third-order valence-electron chi connectivity index (χ3n) is 7.52. The SMILES string of the molecule is CC(C)N1CCOc2c(F)cc(-c3nc(Cc4ccc(N5CCC6NCCOC6C5)cn4)ncc3F)cc21. The number of fused-ring (bicyclic) bond motifs is 2. The molecule has 0 amide bonds. The molecular weight excluding hydrogens is 490 g/mol. The van der Waals surface area contributed by atoms with Crippen molar-refractivity contribution in [1.29, 1.82) is 0 Å². The summed E-state index contributed by atoms with van der Waals surface area (Å²) in [6, 6.07) is 7.58. The molecule has 200 valence electrons. The summed E-state index contributed by atoms with van der Waals surface area (Å²) in [4.78, 5) is 17.6. The van der Waals surface area contributed by atoms with Crippen LogP contribution >= 0.6 is 0 Å². The van der Waals surface area contributed by atoms with Crippen LogP contribution in [-0.4, -0.2) is 72.5 Å². The molecule has 1 aromatic carbocycles. The summed E-state index contributed by atoms with van der Waals surface area (Å²) in [6.07, 6.45) is 4.55. The highest BCUT2D eigenvalue weighted by Gasteiger charge is 2.32. The van der Waals surface area contributed by atoms with Gasteiger partial charge in [-0.3, -0.25) is 4.98 Å². The Kier molecular flexibility index (Phi) is 6.84. The summed E-state index contributed by atoms with van der Waals surface area (Å²) in [5.74, 6) is -0.521. The quantitative estimate of drug-likeness (QED) is 0.545. The van der Waals surface area contributed by atoms with Crippen LogP contribution in [0.1, 0.15) is 31.8 Å². The molecule has 1 N–H and O–H groups in total. The molecule has 3 aliphatic rings. The second kappa shape index (κ2) is 10.4. The predicted octanol–water partition coefficient (Wildman–Crippen LogP) is 3.58. The molecule has 6 rings (SSSR count). The van der Waals surface area contributed by atoms with E-state index in [0.29, 0.717) is 42.7 Å². The average molecular weight is 523 g/mol. The molecule has 0 saturated carbocycles. The first kappa shape index (κ1) is 24.9. The van der Waals surface area contributed by atoms with Crippen molar-refractivity contribution in [3.05, 3.63) is 59.8 Å². The van der Waals surface area contributed by atoms with Gasteiger partial charge in [-0.2, -0.15) is 0 Å². The molecule has 2 saturated heterocycles. The summed E-state index contributed by atoms with van der Waals surface area (Å²) in [6.45, 7) is 8.54. The molecule has 0 spiro atoms. The van der Waals surface area contributed by atoms with Crippen LogP contribution in [0.3, 0.4) is 0 Å². The van der Waals surface area contributed by atoms with Crippen LogP contribution in [0.25, 0.3) is 11.3 Å². The molecule has 8 nitrogen and oxygen atoms in total. The van der Waals surface area contributed by atoms with Crippen LogP contribution in [0, 0.1) is 11.6 Å². The Labute approximate surface area is 221 Å². The Morgan fingerprint density at radius 1 is 1.08 bits per heavy atom. The van der Waals surface area contributed by atoms with Crippen LogP contribution in [0.4, 0.5) is 20.2 Å². The zero-order valence-electron chi connectivity index (χ0n) is 21.7. The molecule has 0 bridgehead atoms. The highest BCUT2D eigenvalue weighted by atomic mass is 19.1. The maximum atomic E-state index is 15.0. The number of rotatable bonds is 5. The smallest absolute Gasteiger partial charge is 0.178 e. The number of hydrogen-bond acceptors (Lipinski definition) is 8. The first-order valence-electron chi connectivity index (χ1n) is 13.3. The van der Waals surface area contributed by atoms with E-state index >= 15 is 0 Å². The van der Waals surface area contributed by atoms with Gasteiger partial charge >= 0.3 is 0 Å². The van der Waals surface area contributed by atoms with Gasteiger partial charge in [0.05, 0.1) is 49.4 Å². The number of benzene rings is 1. The fraction of sp³-hybridized carbons (Fsp3) is 0.464. The Bertz CT molecular complexity index is 1310. The number of aromatic nitrogens is 3. The molecule has 10 heteroatoms. The lowest BCUT2D eigenvalue weighted by Crippen LogP contribution is -2.57. The maximum Gasteiger partial charge on any atom is 0.178 e. The van der Waals surface area contributed by atoms with Gasteiger partial charge in [-0.25, -0.2) is 18.7 Å². The first-order chi connectivity index (χ1) is 18.5. The van der Waals surface area contributed by atoms with Crippen molar-refractivity contribution in [1.82, 2.24) is 20.3 Å². The van der Waals surface area contributed by atoms with Gasteiger partial charge in [-0.05, 0) is 44.5 Å². The van der Waals surface area contributed by atoms with E-state index in [2.05, 4.69) is 30.1 Å². The number of halogens is 2. The fourth-order valence-electron chi connectivity index (χ4n) is 5.54. The zero-order valence-corrected chi connectivity index (χ0v) is 21.7. The van der Waals surface area contributed by atoms with Gasteiger partial charge in [0.15, 0.2) is 17.4 Å². The molecule has 5 heterocycles. The Hall–Kier alpha value is -3.37. The average Bonchev–Trinajstić information content (AvgIpc) is 2.94. The second-order valence-electron chi connectivity index (χ2n) is 10.3. The van der Waals surface area contributed by atoms with Gasteiger partial charge in [0.1, 0.15) is 18.1 Å². The number of pyridine rings is 1. The van der Waals surface area contributed by atoms with E-state index in [-0.39, 0.29) is 23.6 Å². The Balaban J connectivity index is 1.21. The van der Waals surface area contributed by atoms with E-state index < -0.39 is 11.6 Å². The van der Waals surface area contributed by atoms with Crippen molar-refractivity contribution in [2.24, 2.45) is 0 Å². The molecule has 0 radical (unpaired) electrons. The molecule has 0 aliphatic carbocycles. The fourth-order valence-corrected chi connectivity index (χ4v) is 5.54. The standard InChI is InChI=1S/C28H32F2N6O2/c1-17(2)36-8-10-38-28-21(29)11-18(12-24(28)36)27-22(30)15-33-26(34-27)13-19-3-4-20(14-32-19)35-7-5-23-25(16-35)37-9-6-31-23/h3-4,11-12,14-15,17,23,25,31H,5-10,13,16H2,1-2H3. The van der Waals surface area contributed by atoms with Gasteiger partial charge in [0.2, 0.25) is 0 Å². The van der Waals surface area contributed by atoms with Crippen molar-refractivity contribution in [3.8, 4) is 17.0 Å². The number of hydrogen-bond donors (Lipinski definition) is 1. The van der Waals surface area contributed by atoms with E-state index in [9.17, 15) is 8.78 Å². The predicted molar refractivity (Wildman–Crippen MR) is 141 cm³/mol. The normalized spacial score (nSPS) is 21.2. The van der Waals surface area contributed by atoms with E-state index in [1.54, 1.807) is 6.07 Å². The van der Waals surface area contributed by atoms with Crippen LogP contribution < -0.4 is 19.9 Å². The summed E-state index contributed by atoms with van der Waals surface area (Å²) < 4.78 is 41.4. The summed E-state index contributed by atoms with van der Waals surface area (Å²) >= 11 is 0. The van der Waals surface area contributed by atoms with E-state index in [1.807, 2.05) is 32.2 Å². The van der Waals surface area contributed by atoms with Gasteiger partial charge in [0.25, 0.3) is 0 Å². The molecular formula is C28H32F2N6O2. The monoisotopic (exact) mass is 522 g/mol. The zero-order chi connectivity index (χ0) is 26.2. The van der Waals surface area contributed by atoms with Crippen molar-refractivity contribution >= 4 is 11.4 Å². The summed E-state index contributed by atoms with van der Waals surface area (Å²) in [5.41, 5.74) is 2.84. The number of piperidine rings is 1. The number of nitrogens with zero attached hydrogens (tertiary/aromatic N) is 5. The lowest BCUT2D eigenvalue weighted by molar-refractivity contribution is -0.00903. The highest BCUT2D eigenvalue weighted by Crippen LogP contribution is 2.39. The third-order valence-corrected chi connectivity index (χ3v) is 7.52. The third kappa shape index (κ3) is 4.90. The minimum Gasteiger partial charge on any atom is -0.486 e. The molecule has 3 aliphatic heterocycles. The Morgan fingerprint density at radius 2 is 1.97 bits per heavy atom. The minimum atomic E-state index is -0.605. The van der Waals surface area contributed by atoms with Gasteiger partial charge in [-0.15, -0.1) is 0 Å². The van der Waals surface area contributed by atoms with Crippen LogP contribution in [0.15, 0.2) is 36.7 Å². The van der Waals surface area contributed by atoms with Crippen LogP contribution in [0.5, 0.6) is 5.75 Å². The van der Waals surface area contributed by atoms with Gasteiger partial charge in [-0.1, -0.05) is 0 Å². The summed E-state index contributed by atoms with van der Waals surface area (Å²) in [5, 5.41) is 3.54. The molecule has 2 unspecified atom stereocenters. The van der Waals surface area contributed by atoms with E-state index in [1.165, 1.54) is 6.07 Å². The lowest BCUT2D eigenvalue weighted by Gasteiger charge is -2.42. The van der Waals surface area contributed by atoms with Crippen molar-refractivity contribution < 1.29 is 18.3 Å². The minimum absolute atomic E-state index is 0.0616. The lowest BCUT2D eigenvalue weighted by atomic mass is 10.00. The number of nitrogens with one attached hydrogen (secondary N) is 1. The molecule has 2 fully saturated rings. The molecule has 2 atom stereocenters. The number of morpholine rings is 1. The molecule has 3 aromatic rings. The van der Waals surface area contributed by atoms with E-state index in [0.717, 1.165) is 50.2 Å². The first-order valence-corrected chi connectivity index (χ1v) is 13.3. The molecule has 38 heavy (non-hydrogen) atoms. The van der Waals surface area contributed by atoms with Crippen molar-refractivity contribution in [2.75, 3.05) is 49.2 Å². The topological polar surface area (TPSA) is 75.6 Å². The number of ether oxygens (including phenoxy) is 2. The van der Waals surface area contributed by atoms with E-state index in [4.69, 9.17) is 9.47 Å². The van der Waals surface area contributed by atoms with Gasteiger partial charge < -0.3 is 24.6 Å². The van der Waals surface area contributed by atoms with Crippen molar-refractivity contribution in [2.45, 2.75) is 44.9 Å². The maximum absolute atomic E-state index is 15.0. The van der Waals surface area contributed by atoms with Crippen LogP contribution in [-0.2, 0) is 11.2 Å². The highest BCUT2D eigenvalue weighted by molar-refractivity contribution is 5.72. The van der Waals surface area contributed by atoms with Gasteiger partial charge in [0, 0.05) is 43.0 Å². The van der Waals surface area contributed by atoms with Crippen LogP contribution in [0.2, 0.25) is 0 Å². The second-order valence-corrected chi connectivity index (χ2v) is 10.3.